The normalized spacial score (nSPS) is 15.2. The molecule has 1 amide bonds. The highest BCUT2D eigenvalue weighted by molar-refractivity contribution is 5.79. The lowest BCUT2D eigenvalue weighted by molar-refractivity contribution is 0.146. The third kappa shape index (κ3) is 5.82. The molecule has 7 nitrogen and oxygen atoms in total. The molecule has 1 fully saturated rings. The molecule has 0 saturated heterocycles. The van der Waals surface area contributed by atoms with Gasteiger partial charge in [0.25, 0.3) is 0 Å². The van der Waals surface area contributed by atoms with Crippen molar-refractivity contribution in [2.24, 2.45) is 10.9 Å². The number of alkyl carbamates (subject to hydrolysis) is 1. The molecule has 144 valence electrons. The number of carbonyl (C=O) groups is 1. The number of ether oxygens (including phenoxy) is 2. The third-order valence-electron chi connectivity index (χ3n) is 4.42. The molecule has 1 saturated carbocycles. The highest BCUT2D eigenvalue weighted by Gasteiger charge is 2.32. The number of amides is 1. The summed E-state index contributed by atoms with van der Waals surface area (Å²) in [5.74, 6) is 2.13. The van der Waals surface area contributed by atoms with E-state index in [1.54, 1.807) is 21.1 Å². The number of rotatable bonds is 8. The molecule has 1 unspecified atom stereocenters. The molecular formula is C19H30N4O3. The number of benzene rings is 1. The molecule has 1 aliphatic rings. The SMILES string of the molecule is CCOC(=O)NC(CNC(=NC)N(C)Cc1ccccc1OC)C1CC1. The molecule has 0 heterocycles. The van der Waals surface area contributed by atoms with Gasteiger partial charge in [0.2, 0.25) is 0 Å². The Hall–Kier alpha value is -2.44. The smallest absolute Gasteiger partial charge is 0.407 e. The van der Waals surface area contributed by atoms with Crippen molar-refractivity contribution in [1.29, 1.82) is 0 Å². The van der Waals surface area contributed by atoms with E-state index in [9.17, 15) is 4.79 Å². The van der Waals surface area contributed by atoms with Gasteiger partial charge in [-0.15, -0.1) is 0 Å². The number of guanidine groups is 1. The van der Waals surface area contributed by atoms with Crippen LogP contribution < -0.4 is 15.4 Å². The first kappa shape index (κ1) is 19.9. The number of hydrogen-bond donors (Lipinski definition) is 2. The molecule has 1 aromatic carbocycles. The molecule has 0 aromatic heterocycles. The number of carbonyl (C=O) groups excluding carboxylic acids is 1. The van der Waals surface area contributed by atoms with Crippen LogP contribution in [0.2, 0.25) is 0 Å². The second-order valence-electron chi connectivity index (χ2n) is 6.40. The highest BCUT2D eigenvalue weighted by atomic mass is 16.5. The van der Waals surface area contributed by atoms with Gasteiger partial charge in [0.1, 0.15) is 5.75 Å². The van der Waals surface area contributed by atoms with Gasteiger partial charge in [-0.2, -0.15) is 0 Å². The zero-order valence-electron chi connectivity index (χ0n) is 16.1. The lowest BCUT2D eigenvalue weighted by Gasteiger charge is -2.25. The summed E-state index contributed by atoms with van der Waals surface area (Å²) in [5.41, 5.74) is 1.09. The Morgan fingerprint density at radius 2 is 2.12 bits per heavy atom. The van der Waals surface area contributed by atoms with Crippen LogP contribution >= 0.6 is 0 Å². The number of aliphatic imine (C=N–C) groups is 1. The van der Waals surface area contributed by atoms with Crippen molar-refractivity contribution in [2.45, 2.75) is 32.4 Å². The van der Waals surface area contributed by atoms with Crippen molar-refractivity contribution in [1.82, 2.24) is 15.5 Å². The summed E-state index contributed by atoms with van der Waals surface area (Å²) in [6.45, 7) is 3.47. The fourth-order valence-corrected chi connectivity index (χ4v) is 2.91. The van der Waals surface area contributed by atoms with E-state index in [-0.39, 0.29) is 12.1 Å². The standard InChI is InChI=1S/C19H30N4O3/c1-5-26-19(24)22-16(14-10-11-14)12-21-18(20-2)23(3)13-15-8-6-7-9-17(15)25-4/h6-9,14,16H,5,10-13H2,1-4H3,(H,20,21)(H,22,24). The Balaban J connectivity index is 1.91. The van der Waals surface area contributed by atoms with Crippen LogP contribution in [0.3, 0.4) is 0 Å². The zero-order chi connectivity index (χ0) is 18.9. The van der Waals surface area contributed by atoms with Crippen LogP contribution in [-0.2, 0) is 11.3 Å². The molecular weight excluding hydrogens is 332 g/mol. The van der Waals surface area contributed by atoms with Gasteiger partial charge in [0.15, 0.2) is 5.96 Å². The summed E-state index contributed by atoms with van der Waals surface area (Å²) < 4.78 is 10.4. The number of methoxy groups -OCH3 is 1. The maximum atomic E-state index is 11.7. The van der Waals surface area contributed by atoms with Crippen molar-refractivity contribution in [3.8, 4) is 5.75 Å². The van der Waals surface area contributed by atoms with E-state index in [0.29, 0.717) is 25.6 Å². The monoisotopic (exact) mass is 362 g/mol. The van der Waals surface area contributed by atoms with Gasteiger partial charge in [0.05, 0.1) is 19.8 Å². The van der Waals surface area contributed by atoms with E-state index in [1.807, 2.05) is 36.2 Å². The molecule has 1 aliphatic carbocycles. The quantitative estimate of drug-likeness (QED) is 0.548. The number of para-hydroxylation sites is 1. The average molecular weight is 362 g/mol. The second-order valence-corrected chi connectivity index (χ2v) is 6.40. The molecule has 2 N–H and O–H groups in total. The lowest BCUT2D eigenvalue weighted by Crippen LogP contribution is -2.48. The molecule has 0 radical (unpaired) electrons. The summed E-state index contributed by atoms with van der Waals surface area (Å²) in [5, 5.41) is 6.31. The van der Waals surface area contributed by atoms with Crippen LogP contribution in [0.5, 0.6) is 5.75 Å². The van der Waals surface area contributed by atoms with Crippen LogP contribution in [0.25, 0.3) is 0 Å². The minimum absolute atomic E-state index is 0.0467. The van der Waals surface area contributed by atoms with Gasteiger partial charge in [-0.3, -0.25) is 4.99 Å². The number of nitrogens with zero attached hydrogens (tertiary/aromatic N) is 2. The Morgan fingerprint density at radius 3 is 2.73 bits per heavy atom. The topological polar surface area (TPSA) is 75.2 Å². The molecule has 0 spiro atoms. The predicted octanol–water partition coefficient (Wildman–Crippen LogP) is 2.23. The van der Waals surface area contributed by atoms with Crippen LogP contribution in [0, 0.1) is 5.92 Å². The summed E-state index contributed by atoms with van der Waals surface area (Å²) in [7, 11) is 5.41. The Bertz CT molecular complexity index is 617. The maximum Gasteiger partial charge on any atom is 0.407 e. The van der Waals surface area contributed by atoms with Gasteiger partial charge in [-0.05, 0) is 31.7 Å². The van der Waals surface area contributed by atoms with Gasteiger partial charge in [-0.1, -0.05) is 18.2 Å². The minimum Gasteiger partial charge on any atom is -0.496 e. The zero-order valence-corrected chi connectivity index (χ0v) is 16.1. The summed E-state index contributed by atoms with van der Waals surface area (Å²) >= 11 is 0. The van der Waals surface area contributed by atoms with E-state index in [4.69, 9.17) is 9.47 Å². The van der Waals surface area contributed by atoms with Gasteiger partial charge in [0, 0.05) is 32.7 Å². The van der Waals surface area contributed by atoms with Crippen LogP contribution in [0.4, 0.5) is 4.79 Å². The van der Waals surface area contributed by atoms with E-state index in [2.05, 4.69) is 15.6 Å². The van der Waals surface area contributed by atoms with Crippen molar-refractivity contribution < 1.29 is 14.3 Å². The van der Waals surface area contributed by atoms with Crippen LogP contribution in [0.1, 0.15) is 25.3 Å². The average Bonchev–Trinajstić information content (AvgIpc) is 3.47. The minimum atomic E-state index is -0.358. The largest absolute Gasteiger partial charge is 0.496 e. The fraction of sp³-hybridized carbons (Fsp3) is 0.579. The van der Waals surface area contributed by atoms with Crippen LogP contribution in [0.15, 0.2) is 29.3 Å². The summed E-state index contributed by atoms with van der Waals surface area (Å²) in [6.07, 6.45) is 1.91. The number of nitrogens with one attached hydrogen (secondary N) is 2. The van der Waals surface area contributed by atoms with Gasteiger partial charge >= 0.3 is 6.09 Å². The third-order valence-corrected chi connectivity index (χ3v) is 4.42. The predicted molar refractivity (Wildman–Crippen MR) is 102 cm³/mol. The molecule has 7 heteroatoms. The van der Waals surface area contributed by atoms with Gasteiger partial charge in [-0.25, -0.2) is 4.79 Å². The first-order valence-electron chi connectivity index (χ1n) is 9.06. The molecule has 0 bridgehead atoms. The molecule has 1 aromatic rings. The van der Waals surface area contributed by atoms with Crippen molar-refractivity contribution in [3.63, 3.8) is 0 Å². The highest BCUT2D eigenvalue weighted by Crippen LogP contribution is 2.32. The van der Waals surface area contributed by atoms with Crippen molar-refractivity contribution >= 4 is 12.1 Å². The van der Waals surface area contributed by atoms with E-state index < -0.39 is 0 Å². The van der Waals surface area contributed by atoms with Crippen molar-refractivity contribution in [2.75, 3.05) is 34.4 Å². The molecule has 1 atom stereocenters. The Kier molecular flexibility index (Phi) is 7.56. The molecule has 0 aliphatic heterocycles. The van der Waals surface area contributed by atoms with E-state index in [0.717, 1.165) is 30.1 Å². The summed E-state index contributed by atoms with van der Waals surface area (Å²) in [6, 6.07) is 7.99. The Labute approximate surface area is 155 Å². The van der Waals surface area contributed by atoms with E-state index >= 15 is 0 Å². The lowest BCUT2D eigenvalue weighted by atomic mass is 10.2. The fourth-order valence-electron chi connectivity index (χ4n) is 2.91. The van der Waals surface area contributed by atoms with E-state index in [1.165, 1.54) is 0 Å². The van der Waals surface area contributed by atoms with Gasteiger partial charge < -0.3 is 25.0 Å². The maximum absolute atomic E-state index is 11.7. The summed E-state index contributed by atoms with van der Waals surface area (Å²) in [4.78, 5) is 18.1. The number of hydrogen-bond acceptors (Lipinski definition) is 4. The Morgan fingerprint density at radius 1 is 1.38 bits per heavy atom. The molecule has 26 heavy (non-hydrogen) atoms. The second kappa shape index (κ2) is 9.89. The first-order chi connectivity index (χ1) is 12.6. The molecule has 2 rings (SSSR count). The van der Waals surface area contributed by atoms with Crippen molar-refractivity contribution in [3.05, 3.63) is 29.8 Å². The first-order valence-corrected chi connectivity index (χ1v) is 9.06. The van der Waals surface area contributed by atoms with Crippen LogP contribution in [-0.4, -0.2) is 57.4 Å².